The van der Waals surface area contributed by atoms with Gasteiger partial charge in [-0.05, 0) is 0 Å². The van der Waals surface area contributed by atoms with Crippen LogP contribution in [0.15, 0.2) is 0 Å². The van der Waals surface area contributed by atoms with E-state index in [1.165, 1.54) is 0 Å². The van der Waals surface area contributed by atoms with Crippen molar-refractivity contribution < 1.29 is 19.2 Å². The molecule has 0 bridgehead atoms. The van der Waals surface area contributed by atoms with Gasteiger partial charge in [0.2, 0.25) is 0 Å². The predicted octanol–water partition coefficient (Wildman–Crippen LogP) is -5.90. The summed E-state index contributed by atoms with van der Waals surface area (Å²) in [4.78, 5) is 34.3. The molecule has 0 aromatic heterocycles. The Kier molecular flexibility index (Phi) is 14.8. The molecule has 0 spiro atoms. The molecule has 0 unspecified atom stereocenters. The van der Waals surface area contributed by atoms with Crippen LogP contribution in [0.2, 0.25) is 0 Å². The van der Waals surface area contributed by atoms with E-state index in [0.717, 1.165) is 0 Å². The first-order valence-corrected chi connectivity index (χ1v) is 2.45. The molecule has 0 amide bonds. The van der Waals surface area contributed by atoms with Crippen LogP contribution in [0.25, 0.3) is 0 Å². The summed E-state index contributed by atoms with van der Waals surface area (Å²) in [6.07, 6.45) is 0. The van der Waals surface area contributed by atoms with Gasteiger partial charge in [-0.2, -0.15) is 0 Å². The number of rotatable bonds is 0. The van der Waals surface area contributed by atoms with Crippen molar-refractivity contribution in [2.45, 2.75) is 0 Å². The Morgan fingerprint density at radius 1 is 0.857 bits per heavy atom. The summed E-state index contributed by atoms with van der Waals surface area (Å²) in [5.74, 6) is 0. The Balaban J connectivity index is -0.0000000800. The van der Waals surface area contributed by atoms with Crippen LogP contribution in [0.4, 0.5) is 0 Å². The summed E-state index contributed by atoms with van der Waals surface area (Å²) in [6.45, 7) is 0. The monoisotopic (exact) mass is 204 g/mol. The van der Waals surface area contributed by atoms with Gasteiger partial charge in [-0.15, -0.1) is 0 Å². The zero-order valence-corrected chi connectivity index (χ0v) is 9.44. The summed E-state index contributed by atoms with van der Waals surface area (Å²) in [5.41, 5.74) is 0. The Morgan fingerprint density at radius 3 is 0.857 bits per heavy atom. The summed E-state index contributed by atoms with van der Waals surface area (Å²) in [7, 11) is -5.61. The van der Waals surface area contributed by atoms with Crippen LogP contribution in [0, 0.1) is 0 Å². The van der Waals surface area contributed by atoms with Gasteiger partial charge in [0.1, 0.15) is 0 Å². The van der Waals surface area contributed by atoms with Crippen molar-refractivity contribution in [3.63, 3.8) is 0 Å². The Morgan fingerprint density at radius 2 is 0.857 bits per heavy atom. The normalized spacial score (nSPS) is 8.57. The van der Waals surface area contributed by atoms with E-state index >= 15 is 0 Å². The third-order valence-corrected chi connectivity index (χ3v) is 0. The summed E-state index contributed by atoms with van der Waals surface area (Å²) < 4.78 is 0. The molecular formula is MgO4SiSr. The quantitative estimate of drug-likeness (QED) is 0.367. The Bertz CT molecular complexity index is 27.2. The molecule has 0 aromatic carbocycles. The Hall–Kier alpha value is 2.30. The maximum Gasteiger partial charge on any atom is 2.00 e. The molecule has 0 aliphatic rings. The maximum atomic E-state index is 8.58. The van der Waals surface area contributed by atoms with Crippen LogP contribution in [0.1, 0.15) is 0 Å². The van der Waals surface area contributed by atoms with Crippen molar-refractivity contribution >= 4 is 77.6 Å². The molecule has 0 saturated carbocycles. The predicted molar refractivity (Wildman–Crippen MR) is 17.3 cm³/mol. The fraction of sp³-hybridized carbons (Fsp3) is 0. The molecule has 0 N–H and O–H groups in total. The van der Waals surface area contributed by atoms with E-state index in [4.69, 9.17) is 19.2 Å². The van der Waals surface area contributed by atoms with Crippen LogP contribution in [-0.2, 0) is 0 Å². The van der Waals surface area contributed by atoms with Gasteiger partial charge < -0.3 is 28.2 Å². The van der Waals surface area contributed by atoms with Crippen molar-refractivity contribution in [1.82, 2.24) is 0 Å². The molecule has 0 saturated heterocycles. The molecule has 0 radical (unpaired) electrons. The molecule has 0 rings (SSSR count). The minimum absolute atomic E-state index is 0. The van der Waals surface area contributed by atoms with Gasteiger partial charge >= 0.3 is 68.5 Å². The van der Waals surface area contributed by atoms with Gasteiger partial charge in [0.05, 0.1) is 0 Å². The third kappa shape index (κ3) is 62.2. The average molecular weight is 204 g/mol. The molecule has 7 heteroatoms. The minimum atomic E-state index is -5.61. The van der Waals surface area contributed by atoms with Crippen molar-refractivity contribution in [3.05, 3.63) is 0 Å². The molecular weight excluding hydrogens is 204 g/mol. The van der Waals surface area contributed by atoms with Crippen LogP contribution >= 0.6 is 0 Å². The van der Waals surface area contributed by atoms with Crippen molar-refractivity contribution in [3.8, 4) is 0 Å². The molecule has 0 heterocycles. The second kappa shape index (κ2) is 6.42. The molecule has 0 atom stereocenters. The van der Waals surface area contributed by atoms with E-state index in [1.54, 1.807) is 0 Å². The van der Waals surface area contributed by atoms with Gasteiger partial charge in [-0.1, -0.05) is 0 Å². The van der Waals surface area contributed by atoms with Gasteiger partial charge in [-0.25, -0.2) is 0 Å². The zero-order chi connectivity index (χ0) is 4.50. The van der Waals surface area contributed by atoms with Crippen LogP contribution in [0.3, 0.4) is 0 Å². The zero-order valence-electron chi connectivity index (χ0n) is 3.55. The van der Waals surface area contributed by atoms with Crippen molar-refractivity contribution in [2.75, 3.05) is 0 Å². The topological polar surface area (TPSA) is 92.2 Å². The molecule has 7 heavy (non-hydrogen) atoms. The van der Waals surface area contributed by atoms with Gasteiger partial charge in [0, 0.05) is 0 Å². The van der Waals surface area contributed by atoms with E-state index in [9.17, 15) is 0 Å². The second-order valence-corrected chi connectivity index (χ2v) is 1.50. The second-order valence-electron chi connectivity index (χ2n) is 0.500. The van der Waals surface area contributed by atoms with Gasteiger partial charge in [0.15, 0.2) is 0 Å². The molecule has 32 valence electrons. The van der Waals surface area contributed by atoms with Crippen molar-refractivity contribution in [1.29, 1.82) is 0 Å². The third-order valence-electron chi connectivity index (χ3n) is 0. The number of hydrogen-bond donors (Lipinski definition) is 0. The van der Waals surface area contributed by atoms with Crippen LogP contribution in [-0.4, -0.2) is 77.6 Å². The maximum absolute atomic E-state index is 8.58. The molecule has 0 aliphatic heterocycles. The fourth-order valence-electron chi connectivity index (χ4n) is 0. The SMILES string of the molecule is [Mg+2].[O-][Si]([O-])([O-])[O-].[Sr+2]. The van der Waals surface area contributed by atoms with E-state index in [0.29, 0.717) is 0 Å². The first-order valence-electron chi connectivity index (χ1n) is 0.816. The van der Waals surface area contributed by atoms with Gasteiger partial charge in [-0.3, -0.25) is 0 Å². The van der Waals surface area contributed by atoms with Crippen LogP contribution in [0.5, 0.6) is 0 Å². The fourth-order valence-corrected chi connectivity index (χ4v) is 0. The van der Waals surface area contributed by atoms with Crippen LogP contribution < -0.4 is 19.2 Å². The largest absolute Gasteiger partial charge is 2.00 e. The molecule has 4 nitrogen and oxygen atoms in total. The summed E-state index contributed by atoms with van der Waals surface area (Å²) >= 11 is 0. The smallest absolute Gasteiger partial charge is 0.894 e. The van der Waals surface area contributed by atoms with Gasteiger partial charge in [0.25, 0.3) is 0 Å². The standard InChI is InChI=1S/Mg.O4Si.Sr/c;1-5(2,3)4;/q+2;-4;+2. The minimum Gasteiger partial charge on any atom is -0.894 e. The average Bonchev–Trinajstić information content (AvgIpc) is 0.722. The van der Waals surface area contributed by atoms with Crippen molar-refractivity contribution in [2.24, 2.45) is 0 Å². The molecule has 0 fully saturated rings. The van der Waals surface area contributed by atoms with E-state index in [-0.39, 0.29) is 68.5 Å². The van der Waals surface area contributed by atoms with E-state index in [1.807, 2.05) is 0 Å². The molecule has 0 aliphatic carbocycles. The number of hydrogen-bond acceptors (Lipinski definition) is 4. The summed E-state index contributed by atoms with van der Waals surface area (Å²) in [6, 6.07) is 0. The molecule has 0 aromatic rings. The van der Waals surface area contributed by atoms with E-state index < -0.39 is 9.05 Å². The Labute approximate surface area is 95.1 Å². The first kappa shape index (κ1) is 16.1. The summed E-state index contributed by atoms with van der Waals surface area (Å²) in [5, 5.41) is 0. The first-order chi connectivity index (χ1) is 2.00. The van der Waals surface area contributed by atoms with E-state index in [2.05, 4.69) is 0 Å².